The Hall–Kier alpha value is -3.08. The lowest BCUT2D eigenvalue weighted by Gasteiger charge is -2.27. The lowest BCUT2D eigenvalue weighted by molar-refractivity contribution is 0.189. The van der Waals surface area contributed by atoms with E-state index in [1.165, 1.54) is 12.1 Å². The van der Waals surface area contributed by atoms with Crippen LogP contribution in [0, 0.1) is 5.82 Å². The molecule has 8 nitrogen and oxygen atoms in total. The maximum absolute atomic E-state index is 13.9. The van der Waals surface area contributed by atoms with E-state index in [-0.39, 0.29) is 5.82 Å². The van der Waals surface area contributed by atoms with E-state index in [1.807, 2.05) is 39.0 Å². The standard InChI is InChI=1S/C26H31FN6O2S/c1-26(2,3)36(34)24-15-18-20(30-25-19-14-17(27)4-5-21(19)31-32-25)6-7-29-22(18)16-23(24)35-13-12-33-10-8-28-9-11-33/h4-7,14-16,28H,8-13H2,1-3H3,(H2,29,30,31,32). The number of ether oxygens (including phenoxy) is 1. The molecule has 1 atom stereocenters. The number of benzene rings is 2. The van der Waals surface area contributed by atoms with E-state index in [9.17, 15) is 8.60 Å². The molecule has 1 aliphatic rings. The van der Waals surface area contributed by atoms with Gasteiger partial charge in [-0.05, 0) is 51.1 Å². The van der Waals surface area contributed by atoms with Gasteiger partial charge in [-0.25, -0.2) is 4.39 Å². The highest BCUT2D eigenvalue weighted by Crippen LogP contribution is 2.36. The third kappa shape index (κ3) is 5.21. The van der Waals surface area contributed by atoms with Crippen molar-refractivity contribution in [3.63, 3.8) is 0 Å². The summed E-state index contributed by atoms with van der Waals surface area (Å²) in [6, 6.07) is 10.1. The molecule has 3 N–H and O–H groups in total. The van der Waals surface area contributed by atoms with Crippen LogP contribution in [0.15, 0.2) is 47.5 Å². The predicted octanol–water partition coefficient (Wildman–Crippen LogP) is 4.18. The van der Waals surface area contributed by atoms with E-state index in [2.05, 4.69) is 30.7 Å². The molecule has 0 radical (unpaired) electrons. The molecule has 36 heavy (non-hydrogen) atoms. The van der Waals surface area contributed by atoms with Crippen LogP contribution in [0.4, 0.5) is 15.9 Å². The Kier molecular flexibility index (Phi) is 6.92. The second-order valence-electron chi connectivity index (χ2n) is 9.88. The van der Waals surface area contributed by atoms with E-state index < -0.39 is 15.5 Å². The first kappa shape index (κ1) is 24.6. The van der Waals surface area contributed by atoms with Gasteiger partial charge in [-0.3, -0.25) is 19.2 Å². The molecule has 2 aromatic heterocycles. The Morgan fingerprint density at radius 1 is 1.14 bits per heavy atom. The van der Waals surface area contributed by atoms with Gasteiger partial charge in [0.2, 0.25) is 0 Å². The van der Waals surface area contributed by atoms with Crippen LogP contribution in [0.3, 0.4) is 0 Å². The molecule has 2 aromatic carbocycles. The Morgan fingerprint density at radius 2 is 1.94 bits per heavy atom. The quantitative estimate of drug-likeness (QED) is 0.343. The average molecular weight is 511 g/mol. The first-order valence-electron chi connectivity index (χ1n) is 12.1. The summed E-state index contributed by atoms with van der Waals surface area (Å²) in [7, 11) is -1.32. The zero-order valence-corrected chi connectivity index (χ0v) is 21.5. The van der Waals surface area contributed by atoms with Crippen molar-refractivity contribution < 1.29 is 13.3 Å². The molecule has 1 saturated heterocycles. The highest BCUT2D eigenvalue weighted by molar-refractivity contribution is 7.86. The molecule has 0 amide bonds. The van der Waals surface area contributed by atoms with Crippen molar-refractivity contribution in [2.24, 2.45) is 0 Å². The minimum atomic E-state index is -1.32. The van der Waals surface area contributed by atoms with Crippen LogP contribution < -0.4 is 15.4 Å². The summed E-state index contributed by atoms with van der Waals surface area (Å²) in [5.74, 6) is 0.756. The van der Waals surface area contributed by atoms with Crippen LogP contribution >= 0.6 is 0 Å². The number of hydrogen-bond acceptors (Lipinski definition) is 7. The number of halogens is 1. The number of nitrogens with zero attached hydrogens (tertiary/aromatic N) is 3. The maximum Gasteiger partial charge on any atom is 0.160 e. The fourth-order valence-electron chi connectivity index (χ4n) is 4.28. The fraction of sp³-hybridized carbons (Fsp3) is 0.385. The van der Waals surface area contributed by atoms with Gasteiger partial charge in [-0.1, -0.05) is 0 Å². The van der Waals surface area contributed by atoms with Crippen LogP contribution in [0.2, 0.25) is 0 Å². The summed E-state index contributed by atoms with van der Waals surface area (Å²) >= 11 is 0. The monoisotopic (exact) mass is 510 g/mol. The molecule has 0 saturated carbocycles. The minimum absolute atomic E-state index is 0.336. The van der Waals surface area contributed by atoms with Crippen LogP contribution in [-0.4, -0.2) is 68.4 Å². The van der Waals surface area contributed by atoms with Gasteiger partial charge >= 0.3 is 0 Å². The molecule has 0 bridgehead atoms. The topological polar surface area (TPSA) is 95.2 Å². The summed E-state index contributed by atoms with van der Waals surface area (Å²) in [5, 5.41) is 15.3. The number of aromatic amines is 1. The number of fused-ring (bicyclic) bond motifs is 2. The van der Waals surface area contributed by atoms with Gasteiger partial charge in [-0.15, -0.1) is 0 Å². The van der Waals surface area contributed by atoms with Crippen LogP contribution in [0.5, 0.6) is 5.75 Å². The van der Waals surface area contributed by atoms with Crippen LogP contribution in [-0.2, 0) is 10.8 Å². The van der Waals surface area contributed by atoms with Crippen molar-refractivity contribution in [3.8, 4) is 5.75 Å². The molecule has 10 heteroatoms. The summed E-state index contributed by atoms with van der Waals surface area (Å²) in [6.07, 6.45) is 1.70. The Balaban J connectivity index is 1.49. The number of hydrogen-bond donors (Lipinski definition) is 3. The van der Waals surface area contributed by atoms with Crippen molar-refractivity contribution in [2.45, 2.75) is 30.4 Å². The summed E-state index contributed by atoms with van der Waals surface area (Å²) in [6.45, 7) is 11.1. The smallest absolute Gasteiger partial charge is 0.160 e. The van der Waals surface area contributed by atoms with Gasteiger partial charge in [0, 0.05) is 60.5 Å². The Labute approximate surface area is 212 Å². The third-order valence-electron chi connectivity index (χ3n) is 6.22. The van der Waals surface area contributed by atoms with Gasteiger partial charge < -0.3 is 15.4 Å². The van der Waals surface area contributed by atoms with Crippen molar-refractivity contribution in [3.05, 3.63) is 48.4 Å². The molecule has 3 heterocycles. The highest BCUT2D eigenvalue weighted by Gasteiger charge is 2.26. The molecule has 1 aliphatic heterocycles. The summed E-state index contributed by atoms with van der Waals surface area (Å²) in [4.78, 5) is 7.53. The third-order valence-corrected chi connectivity index (χ3v) is 8.05. The van der Waals surface area contributed by atoms with Gasteiger partial charge in [0.25, 0.3) is 0 Å². The molecule has 4 aromatic rings. The number of pyridine rings is 1. The van der Waals surface area contributed by atoms with E-state index in [1.54, 1.807) is 12.3 Å². The normalized spacial score (nSPS) is 15.9. The number of nitrogens with one attached hydrogen (secondary N) is 3. The van der Waals surface area contributed by atoms with Crippen molar-refractivity contribution in [1.82, 2.24) is 25.4 Å². The van der Waals surface area contributed by atoms with Crippen molar-refractivity contribution >= 4 is 44.1 Å². The Bertz CT molecular complexity index is 1410. The van der Waals surface area contributed by atoms with Gasteiger partial charge in [0.05, 0.1) is 32.4 Å². The second kappa shape index (κ2) is 10.1. The molecule has 0 aliphatic carbocycles. The zero-order valence-electron chi connectivity index (χ0n) is 20.7. The van der Waals surface area contributed by atoms with E-state index >= 15 is 0 Å². The summed E-state index contributed by atoms with van der Waals surface area (Å²) in [5.41, 5.74) is 2.17. The molecule has 5 rings (SSSR count). The molecule has 1 unspecified atom stereocenters. The van der Waals surface area contributed by atoms with E-state index in [0.717, 1.165) is 49.3 Å². The molecular formula is C26H31FN6O2S. The number of aromatic nitrogens is 3. The molecule has 190 valence electrons. The fourth-order valence-corrected chi connectivity index (χ4v) is 5.46. The van der Waals surface area contributed by atoms with Crippen LogP contribution in [0.1, 0.15) is 20.8 Å². The van der Waals surface area contributed by atoms with Crippen molar-refractivity contribution in [2.75, 3.05) is 44.6 Å². The lowest BCUT2D eigenvalue weighted by atomic mass is 10.1. The number of anilines is 2. The number of H-pyrrole nitrogens is 1. The molecular weight excluding hydrogens is 479 g/mol. The zero-order chi connectivity index (χ0) is 25.3. The molecule has 1 fully saturated rings. The first-order valence-corrected chi connectivity index (χ1v) is 13.3. The SMILES string of the molecule is CC(C)(C)S(=O)c1cc2c(Nc3n[nH]c4ccc(F)cc34)ccnc2cc1OCCN1CCNCC1. The van der Waals surface area contributed by atoms with Gasteiger partial charge in [0.15, 0.2) is 5.82 Å². The van der Waals surface area contributed by atoms with Crippen LogP contribution in [0.25, 0.3) is 21.8 Å². The molecule has 0 spiro atoms. The first-order chi connectivity index (χ1) is 17.3. The maximum atomic E-state index is 13.9. The number of rotatable bonds is 7. The Morgan fingerprint density at radius 3 is 2.72 bits per heavy atom. The summed E-state index contributed by atoms with van der Waals surface area (Å²) < 4.78 is 33.2. The largest absolute Gasteiger partial charge is 0.491 e. The number of piperazine rings is 1. The lowest BCUT2D eigenvalue weighted by Crippen LogP contribution is -2.44. The highest BCUT2D eigenvalue weighted by atomic mass is 32.2. The van der Waals surface area contributed by atoms with Crippen molar-refractivity contribution in [1.29, 1.82) is 0 Å². The minimum Gasteiger partial charge on any atom is -0.491 e. The predicted molar refractivity (Wildman–Crippen MR) is 142 cm³/mol. The van der Waals surface area contributed by atoms with Gasteiger partial charge in [-0.2, -0.15) is 5.10 Å². The van der Waals surface area contributed by atoms with E-state index in [0.29, 0.717) is 34.0 Å². The second-order valence-corrected chi connectivity index (χ2v) is 12.1. The average Bonchev–Trinajstić information content (AvgIpc) is 3.25. The van der Waals surface area contributed by atoms with E-state index in [4.69, 9.17) is 4.74 Å². The van der Waals surface area contributed by atoms with Gasteiger partial charge in [0.1, 0.15) is 18.2 Å².